The average molecular weight is 591 g/mol. The van der Waals surface area contributed by atoms with Crippen molar-refractivity contribution in [2.45, 2.75) is 167 Å². The molecule has 0 spiro atoms. The van der Waals surface area contributed by atoms with Crippen LogP contribution in [-0.4, -0.2) is 56.2 Å². The van der Waals surface area contributed by atoms with Gasteiger partial charge in [0, 0.05) is 31.8 Å². The molecule has 1 N–H and O–H groups in total. The number of alkyl halides is 2. The minimum Gasteiger partial charge on any atom is -0.481 e. The molecule has 0 amide bonds. The van der Waals surface area contributed by atoms with E-state index in [4.69, 9.17) is 19.0 Å². The van der Waals surface area contributed by atoms with Gasteiger partial charge in [-0.25, -0.2) is 8.78 Å². The summed E-state index contributed by atoms with van der Waals surface area (Å²) in [6, 6.07) is 0. The number of carboxylic acids is 1. The van der Waals surface area contributed by atoms with Gasteiger partial charge in [0.2, 0.25) is 0 Å². The number of carbonyl (C=O) groups is 2. The van der Waals surface area contributed by atoms with Gasteiger partial charge in [-0.15, -0.1) is 0 Å². The van der Waals surface area contributed by atoms with Crippen LogP contribution in [-0.2, 0) is 23.5 Å². The van der Waals surface area contributed by atoms with Crippen molar-refractivity contribution in [1.82, 2.24) is 0 Å². The molecular weight excluding hydrogens is 534 g/mol. The van der Waals surface area contributed by atoms with Crippen LogP contribution >= 0.6 is 0 Å². The molecule has 0 aromatic heterocycles. The molecule has 1 aliphatic heterocycles. The molecule has 2 aliphatic rings. The van der Waals surface area contributed by atoms with Gasteiger partial charge in [-0.05, 0) is 75.4 Å². The maximum atomic E-state index is 15.6. The number of hydrogen-bond donors (Lipinski definition) is 1. The van der Waals surface area contributed by atoms with Crippen molar-refractivity contribution in [3.05, 3.63) is 0 Å². The number of Topliss-reactive ketones (excluding diaryl/α,β-unsaturated/α-hetero) is 1. The highest BCUT2D eigenvalue weighted by Crippen LogP contribution is 2.44. The highest BCUT2D eigenvalue weighted by Gasteiger charge is 2.49. The lowest BCUT2D eigenvalue weighted by molar-refractivity contribution is -0.197. The second kappa shape index (κ2) is 16.1. The molecule has 5 atom stereocenters. The van der Waals surface area contributed by atoms with E-state index in [1.165, 1.54) is 0 Å². The van der Waals surface area contributed by atoms with E-state index in [1.54, 1.807) is 0 Å². The third-order valence-corrected chi connectivity index (χ3v) is 13.8. The highest BCUT2D eigenvalue weighted by molar-refractivity contribution is 6.74. The Morgan fingerprint density at radius 1 is 1.10 bits per heavy atom. The van der Waals surface area contributed by atoms with Gasteiger partial charge < -0.3 is 19.0 Å². The van der Waals surface area contributed by atoms with E-state index in [2.05, 4.69) is 20.8 Å². The van der Waals surface area contributed by atoms with E-state index >= 15 is 8.78 Å². The van der Waals surface area contributed by atoms with Gasteiger partial charge in [0.25, 0.3) is 5.92 Å². The lowest BCUT2D eigenvalue weighted by atomic mass is 9.84. The van der Waals surface area contributed by atoms with Crippen LogP contribution in [0, 0.1) is 11.8 Å². The van der Waals surface area contributed by atoms with E-state index in [1.807, 2.05) is 20.0 Å². The van der Waals surface area contributed by atoms with E-state index in [0.29, 0.717) is 45.1 Å². The fraction of sp³-hybridized carbons (Fsp3) is 0.935. The van der Waals surface area contributed by atoms with Gasteiger partial charge in [0.15, 0.2) is 14.6 Å². The van der Waals surface area contributed by atoms with Crippen molar-refractivity contribution in [1.29, 1.82) is 0 Å². The lowest BCUT2D eigenvalue weighted by Gasteiger charge is -2.42. The number of ether oxygens (including phenoxy) is 2. The van der Waals surface area contributed by atoms with Crippen molar-refractivity contribution in [3.63, 3.8) is 0 Å². The van der Waals surface area contributed by atoms with Gasteiger partial charge in [-0.1, -0.05) is 53.4 Å². The number of carbonyl (C=O) groups excluding carboxylic acids is 1. The summed E-state index contributed by atoms with van der Waals surface area (Å²) in [5.41, 5.74) is 0. The first-order chi connectivity index (χ1) is 18.7. The molecular formula is C31H56F2O6Si. The zero-order chi connectivity index (χ0) is 30.0. The normalized spacial score (nSPS) is 25.4. The molecule has 1 saturated carbocycles. The topological polar surface area (TPSA) is 82.1 Å². The summed E-state index contributed by atoms with van der Waals surface area (Å²) in [7, 11) is -2.46. The molecule has 234 valence electrons. The maximum Gasteiger partial charge on any atom is 0.303 e. The first kappa shape index (κ1) is 35.3. The number of carboxylic acid groups (broad SMARTS) is 1. The third kappa shape index (κ3) is 11.1. The van der Waals surface area contributed by atoms with Gasteiger partial charge in [0.1, 0.15) is 11.9 Å². The molecule has 2 rings (SSSR count). The first-order valence-corrected chi connectivity index (χ1v) is 18.7. The summed E-state index contributed by atoms with van der Waals surface area (Å²) >= 11 is 0. The summed E-state index contributed by atoms with van der Waals surface area (Å²) in [6.45, 7) is 12.8. The summed E-state index contributed by atoms with van der Waals surface area (Å²) in [5.74, 6) is -3.95. The molecule has 0 bridgehead atoms. The largest absolute Gasteiger partial charge is 0.481 e. The summed E-state index contributed by atoms with van der Waals surface area (Å²) in [5, 5.41) is 8.68. The summed E-state index contributed by atoms with van der Waals surface area (Å²) in [4.78, 5) is 24.0. The number of ketones is 1. The molecule has 1 heterocycles. The molecule has 0 aromatic rings. The van der Waals surface area contributed by atoms with E-state index in [0.717, 1.165) is 38.5 Å². The Balaban J connectivity index is 2.17. The predicted molar refractivity (Wildman–Crippen MR) is 156 cm³/mol. The fourth-order valence-electron chi connectivity index (χ4n) is 5.72. The Kier molecular flexibility index (Phi) is 14.2. The van der Waals surface area contributed by atoms with Crippen LogP contribution in [0.25, 0.3) is 0 Å². The lowest BCUT2D eigenvalue weighted by Crippen LogP contribution is -2.49. The molecule has 0 radical (unpaired) electrons. The molecule has 9 heteroatoms. The van der Waals surface area contributed by atoms with Gasteiger partial charge in [-0.3, -0.25) is 9.59 Å². The van der Waals surface area contributed by atoms with Crippen LogP contribution in [0.2, 0.25) is 18.1 Å². The van der Waals surface area contributed by atoms with Crippen LogP contribution in [0.4, 0.5) is 8.78 Å². The molecule has 6 nitrogen and oxygen atoms in total. The Labute approximate surface area is 242 Å². The third-order valence-electron chi connectivity index (χ3n) is 9.27. The molecule has 0 aromatic carbocycles. The monoisotopic (exact) mass is 590 g/mol. The predicted octanol–water partition coefficient (Wildman–Crippen LogP) is 8.52. The Hall–Kier alpha value is -0.903. The Bertz CT molecular complexity index is 778. The fourth-order valence-corrected chi connectivity index (χ4v) is 7.08. The zero-order valence-electron chi connectivity index (χ0n) is 25.9. The van der Waals surface area contributed by atoms with Crippen LogP contribution < -0.4 is 0 Å². The van der Waals surface area contributed by atoms with Gasteiger partial charge >= 0.3 is 5.97 Å². The quantitative estimate of drug-likeness (QED) is 0.127. The first-order valence-electron chi connectivity index (χ1n) is 15.7. The minimum absolute atomic E-state index is 0.149. The van der Waals surface area contributed by atoms with Crippen molar-refractivity contribution < 1.29 is 37.4 Å². The molecule has 2 unspecified atom stereocenters. The smallest absolute Gasteiger partial charge is 0.303 e. The van der Waals surface area contributed by atoms with Crippen molar-refractivity contribution >= 4 is 20.1 Å². The van der Waals surface area contributed by atoms with Gasteiger partial charge in [0.05, 0.1) is 6.10 Å². The van der Waals surface area contributed by atoms with E-state index in [-0.39, 0.29) is 54.3 Å². The number of halogens is 2. The number of rotatable bonds is 18. The molecule has 40 heavy (non-hydrogen) atoms. The highest BCUT2D eigenvalue weighted by atomic mass is 28.4. The van der Waals surface area contributed by atoms with Crippen molar-refractivity contribution in [2.24, 2.45) is 11.8 Å². The summed E-state index contributed by atoms with van der Waals surface area (Å²) < 4.78 is 49.8. The van der Waals surface area contributed by atoms with Crippen LogP contribution in [0.1, 0.15) is 124 Å². The Morgan fingerprint density at radius 2 is 1.80 bits per heavy atom. The molecule has 2 fully saturated rings. The molecule has 1 aliphatic carbocycles. The maximum absolute atomic E-state index is 15.6. The van der Waals surface area contributed by atoms with Gasteiger partial charge in [-0.2, -0.15) is 0 Å². The zero-order valence-corrected chi connectivity index (χ0v) is 26.9. The standard InChI is InChI=1S/C31H56F2O6Si/c1-7-8-20-31(32,33)27(39-40(5,6)30(2,3)4)19-18-24-23(15-11-9-10-12-16-28(35)36)25(34)22-26(24)38-29-17-13-14-21-37-29/h23-24,26-27,29H,7-22H2,1-6H3,(H,35,36)/t23-,24-,26-,27?,29?/m1/s1. The number of hydrogen-bond acceptors (Lipinski definition) is 5. The Morgan fingerprint density at radius 3 is 2.40 bits per heavy atom. The van der Waals surface area contributed by atoms with Crippen LogP contribution in [0.3, 0.4) is 0 Å². The van der Waals surface area contributed by atoms with E-state index in [9.17, 15) is 9.59 Å². The average Bonchev–Trinajstić information content (AvgIpc) is 3.15. The molecule has 1 saturated heterocycles. The van der Waals surface area contributed by atoms with Crippen LogP contribution in [0.5, 0.6) is 0 Å². The van der Waals surface area contributed by atoms with E-state index < -0.39 is 26.3 Å². The van der Waals surface area contributed by atoms with Crippen molar-refractivity contribution in [2.75, 3.05) is 6.61 Å². The summed E-state index contributed by atoms with van der Waals surface area (Å²) in [6.07, 6.45) is 6.80. The second-order valence-electron chi connectivity index (χ2n) is 13.6. The number of unbranched alkanes of at least 4 members (excludes halogenated alkanes) is 4. The second-order valence-corrected chi connectivity index (χ2v) is 18.3. The van der Waals surface area contributed by atoms with Crippen molar-refractivity contribution in [3.8, 4) is 0 Å². The SMILES string of the molecule is CCCCC(F)(F)C(CC[C@H]1[C@H](OC2CCCCO2)CC(=O)[C@@H]1CCCCCCC(=O)O)O[Si](C)(C)C(C)(C)C. The number of aliphatic carboxylic acids is 1. The minimum atomic E-state index is -2.93. The van der Waals surface area contributed by atoms with Crippen LogP contribution in [0.15, 0.2) is 0 Å².